The zero-order valence-electron chi connectivity index (χ0n) is 12.4. The van der Waals surface area contributed by atoms with Crippen LogP contribution in [0.25, 0.3) is 0 Å². The van der Waals surface area contributed by atoms with Crippen LogP contribution in [0.5, 0.6) is 0 Å². The average molecular weight is 338 g/mol. The molecule has 1 heterocycles. The summed E-state index contributed by atoms with van der Waals surface area (Å²) in [4.78, 5) is 14.6. The van der Waals surface area contributed by atoms with E-state index >= 15 is 0 Å². The van der Waals surface area contributed by atoms with Gasteiger partial charge in [-0.1, -0.05) is 0 Å². The van der Waals surface area contributed by atoms with Crippen LogP contribution in [-0.4, -0.2) is 45.3 Å². The molecule has 2 rings (SSSR count). The van der Waals surface area contributed by atoms with Crippen LogP contribution in [0.15, 0.2) is 24.3 Å². The second-order valence-corrected chi connectivity index (χ2v) is 7.90. The van der Waals surface area contributed by atoms with Gasteiger partial charge in [-0.2, -0.15) is 0 Å². The molecule has 1 aromatic rings. The third-order valence-electron chi connectivity index (χ3n) is 3.75. The molecule has 2 nitrogen and oxygen atoms in total. The molecule has 0 atom stereocenters. The molecule has 1 fully saturated rings. The summed E-state index contributed by atoms with van der Waals surface area (Å²) in [5.41, 5.74) is 0.887. The van der Waals surface area contributed by atoms with E-state index in [1.165, 1.54) is 48.6 Å². The predicted octanol–water partition coefficient (Wildman–Crippen LogP) is 2.90. The van der Waals surface area contributed by atoms with Gasteiger partial charge in [0.15, 0.2) is 0 Å². The summed E-state index contributed by atoms with van der Waals surface area (Å²) < 4.78 is 1.41. The molecule has 3 heteroatoms. The van der Waals surface area contributed by atoms with Crippen LogP contribution in [0.4, 0.5) is 0 Å². The van der Waals surface area contributed by atoms with E-state index < -0.39 is 0 Å². The molecule has 20 heavy (non-hydrogen) atoms. The summed E-state index contributed by atoms with van der Waals surface area (Å²) in [6.07, 6.45) is 5.85. The Morgan fingerprint density at radius 2 is 1.85 bits per heavy atom. The van der Waals surface area contributed by atoms with Crippen molar-refractivity contribution in [2.24, 2.45) is 0 Å². The molecule has 0 N–H and O–H groups in total. The number of likely N-dealkylation sites (tertiary alicyclic amines) is 1. The van der Waals surface area contributed by atoms with Crippen LogP contribution in [0, 0.1) is 0 Å². The second kappa shape index (κ2) is 8.61. The van der Waals surface area contributed by atoms with Crippen molar-refractivity contribution in [2.75, 3.05) is 19.6 Å². The fraction of sp³-hybridized carbons (Fsp3) is 0.588. The van der Waals surface area contributed by atoms with Crippen molar-refractivity contribution < 1.29 is 4.79 Å². The topological polar surface area (TPSA) is 20.3 Å². The van der Waals surface area contributed by atoms with Crippen LogP contribution >= 0.6 is 0 Å². The molecular formula is C17H25NOSe. The van der Waals surface area contributed by atoms with Crippen molar-refractivity contribution in [2.45, 2.75) is 44.3 Å². The number of hydrogen-bond donors (Lipinski definition) is 0. The first-order chi connectivity index (χ1) is 9.79. The first-order valence-corrected chi connectivity index (χ1v) is 9.85. The predicted molar refractivity (Wildman–Crippen MR) is 86.2 cm³/mol. The van der Waals surface area contributed by atoms with Gasteiger partial charge in [-0.3, -0.25) is 0 Å². The van der Waals surface area contributed by atoms with Gasteiger partial charge in [0.25, 0.3) is 0 Å². The first-order valence-electron chi connectivity index (χ1n) is 7.78. The van der Waals surface area contributed by atoms with Crippen LogP contribution in [0.2, 0.25) is 5.32 Å². The molecule has 0 spiro atoms. The number of Topliss-reactive ketones (excluding diaryl/α,β-unsaturated/α-hetero) is 1. The fourth-order valence-electron chi connectivity index (χ4n) is 2.54. The van der Waals surface area contributed by atoms with E-state index in [4.69, 9.17) is 0 Å². The van der Waals surface area contributed by atoms with Gasteiger partial charge >= 0.3 is 129 Å². The normalized spacial score (nSPS) is 16.2. The van der Waals surface area contributed by atoms with Crippen LogP contribution in [-0.2, 0) is 0 Å². The van der Waals surface area contributed by atoms with E-state index in [0.717, 1.165) is 12.1 Å². The average Bonchev–Trinajstić information content (AvgIpc) is 2.52. The first kappa shape index (κ1) is 15.8. The molecule has 0 unspecified atom stereocenters. The molecule has 0 saturated carbocycles. The molecule has 1 aliphatic rings. The molecule has 0 radical (unpaired) electrons. The van der Waals surface area contributed by atoms with Gasteiger partial charge < -0.3 is 0 Å². The summed E-state index contributed by atoms with van der Waals surface area (Å²) in [6, 6.07) is 8.32. The Kier molecular flexibility index (Phi) is 6.78. The Balaban J connectivity index is 1.79. The number of piperidine rings is 1. The number of rotatable bonds is 7. The van der Waals surface area contributed by atoms with E-state index in [-0.39, 0.29) is 0 Å². The quantitative estimate of drug-likeness (QED) is 0.563. The molecule has 1 saturated heterocycles. The number of carbonyl (C=O) groups is 1. The number of benzene rings is 1. The molecule has 0 amide bonds. The minimum absolute atomic E-state index is 0.296. The molecule has 0 aliphatic carbocycles. The summed E-state index contributed by atoms with van der Waals surface area (Å²) >= 11 is 0.574. The standard InChI is InChI=1S/C17H25NOSe/c1-2-14-20-16-8-6-15(7-9-16)17(19)10-13-18-11-4-3-5-12-18/h6-9H,2-5,10-14H2,1H3. The van der Waals surface area contributed by atoms with Gasteiger partial charge in [-0.05, 0) is 0 Å². The molecule has 1 aromatic carbocycles. The molecule has 1 aliphatic heterocycles. The Morgan fingerprint density at radius 1 is 1.15 bits per heavy atom. The molecule has 0 aromatic heterocycles. The molecular weight excluding hydrogens is 313 g/mol. The van der Waals surface area contributed by atoms with Gasteiger partial charge in [-0.15, -0.1) is 0 Å². The van der Waals surface area contributed by atoms with Gasteiger partial charge in [0.1, 0.15) is 0 Å². The van der Waals surface area contributed by atoms with Gasteiger partial charge in [0, 0.05) is 0 Å². The molecule has 0 bridgehead atoms. The van der Waals surface area contributed by atoms with Crippen molar-refractivity contribution in [3.63, 3.8) is 0 Å². The minimum atomic E-state index is 0.296. The summed E-state index contributed by atoms with van der Waals surface area (Å²) in [5.74, 6) is 0.296. The van der Waals surface area contributed by atoms with Crippen molar-refractivity contribution >= 4 is 25.2 Å². The Labute approximate surface area is 129 Å². The summed E-state index contributed by atoms with van der Waals surface area (Å²) in [6.45, 7) is 5.50. The Hall–Kier alpha value is -0.631. The van der Waals surface area contributed by atoms with Gasteiger partial charge in [-0.25, -0.2) is 0 Å². The SMILES string of the molecule is CCC[Se]c1ccc(C(=O)CCN2CCCCC2)cc1. The third kappa shape index (κ3) is 5.05. The second-order valence-electron chi connectivity index (χ2n) is 5.45. The van der Waals surface area contributed by atoms with Crippen molar-refractivity contribution in [1.82, 2.24) is 4.90 Å². The van der Waals surface area contributed by atoms with E-state index in [1.807, 2.05) is 12.1 Å². The zero-order chi connectivity index (χ0) is 14.2. The maximum absolute atomic E-state index is 12.2. The number of nitrogens with zero attached hydrogens (tertiary/aromatic N) is 1. The Morgan fingerprint density at radius 3 is 2.50 bits per heavy atom. The number of ketones is 1. The van der Waals surface area contributed by atoms with Gasteiger partial charge in [0.2, 0.25) is 0 Å². The number of hydrogen-bond acceptors (Lipinski definition) is 2. The Bertz CT molecular complexity index is 410. The van der Waals surface area contributed by atoms with Crippen molar-refractivity contribution in [3.05, 3.63) is 29.8 Å². The zero-order valence-corrected chi connectivity index (χ0v) is 14.2. The van der Waals surface area contributed by atoms with Crippen molar-refractivity contribution in [3.8, 4) is 0 Å². The van der Waals surface area contributed by atoms with E-state index in [9.17, 15) is 4.79 Å². The van der Waals surface area contributed by atoms with Crippen LogP contribution in [0.3, 0.4) is 0 Å². The van der Waals surface area contributed by atoms with Crippen molar-refractivity contribution in [1.29, 1.82) is 0 Å². The van der Waals surface area contributed by atoms with Gasteiger partial charge in [0.05, 0.1) is 0 Å². The van der Waals surface area contributed by atoms with Crippen LogP contribution in [0.1, 0.15) is 49.4 Å². The number of carbonyl (C=O) groups excluding carboxylic acids is 1. The fourth-order valence-corrected chi connectivity index (χ4v) is 4.16. The third-order valence-corrected chi connectivity index (χ3v) is 6.31. The molecule has 110 valence electrons. The van der Waals surface area contributed by atoms with E-state index in [1.54, 1.807) is 0 Å². The maximum atomic E-state index is 12.2. The van der Waals surface area contributed by atoms with Crippen LogP contribution < -0.4 is 4.46 Å². The van der Waals surface area contributed by atoms with E-state index in [0.29, 0.717) is 27.2 Å². The summed E-state index contributed by atoms with van der Waals surface area (Å²) in [5, 5.41) is 1.29. The van der Waals surface area contributed by atoms with E-state index in [2.05, 4.69) is 24.0 Å². The monoisotopic (exact) mass is 339 g/mol. The summed E-state index contributed by atoms with van der Waals surface area (Å²) in [7, 11) is 0.